The van der Waals surface area contributed by atoms with E-state index in [1.807, 2.05) is 13.8 Å². The zero-order valence-corrected chi connectivity index (χ0v) is 16.3. The maximum Gasteiger partial charge on any atom is 0.336 e. The van der Waals surface area contributed by atoms with Crippen molar-refractivity contribution in [3.63, 3.8) is 0 Å². The average Bonchev–Trinajstić information content (AvgIpc) is 3.42. The van der Waals surface area contributed by atoms with Gasteiger partial charge in [0, 0.05) is 17.6 Å². The molecule has 0 aromatic carbocycles. The van der Waals surface area contributed by atoms with E-state index in [0.29, 0.717) is 5.57 Å². The number of rotatable bonds is 2. The lowest BCUT2D eigenvalue weighted by Gasteiger charge is -2.31. The number of carbonyl (C=O) groups excluding carboxylic acids is 2. The van der Waals surface area contributed by atoms with Gasteiger partial charge in [0.05, 0.1) is 22.9 Å². The van der Waals surface area contributed by atoms with E-state index in [4.69, 9.17) is 18.9 Å². The Bertz CT molecular complexity index is 783. The minimum atomic E-state index is -1.87. The summed E-state index contributed by atoms with van der Waals surface area (Å²) in [6, 6.07) is 0. The average molecular weight is 378 g/mol. The van der Waals surface area contributed by atoms with Crippen molar-refractivity contribution in [3.05, 3.63) is 22.8 Å². The highest BCUT2D eigenvalue weighted by molar-refractivity contribution is 5.93. The molecule has 0 unspecified atom stereocenters. The molecule has 7 heteroatoms. The van der Waals surface area contributed by atoms with Crippen molar-refractivity contribution in [2.75, 3.05) is 0 Å². The number of hydrogen-bond donors (Lipinski definition) is 1. The van der Waals surface area contributed by atoms with Crippen LogP contribution in [-0.4, -0.2) is 52.3 Å². The van der Waals surface area contributed by atoms with Crippen molar-refractivity contribution in [1.29, 1.82) is 0 Å². The molecule has 0 amide bonds. The summed E-state index contributed by atoms with van der Waals surface area (Å²) in [5.74, 6) is -2.99. The maximum atomic E-state index is 12.5. The Morgan fingerprint density at radius 3 is 2.67 bits per heavy atom. The molecule has 0 aromatic rings. The fourth-order valence-corrected chi connectivity index (χ4v) is 4.40. The number of allylic oxidation sites excluding steroid dienone is 1. The van der Waals surface area contributed by atoms with Crippen LogP contribution in [0.15, 0.2) is 22.8 Å². The standard InChI is InChI=1S/C20H26O7/c1-6-10(2)16(21)24-14-13-11(3)17(22)27-20(13,23)9-19(5)12(25-19)7-8-18(4)15(14)26-18/h6,12,14-15,23H,7-9H2,1-5H3/b10-6+/t12-,14-,15+,18-,19+,20-/m1/s1. The lowest BCUT2D eigenvalue weighted by Crippen LogP contribution is -2.45. The van der Waals surface area contributed by atoms with E-state index >= 15 is 0 Å². The van der Waals surface area contributed by atoms with Crippen molar-refractivity contribution >= 4 is 11.9 Å². The first-order valence-electron chi connectivity index (χ1n) is 9.39. The largest absolute Gasteiger partial charge is 0.451 e. The first-order valence-corrected chi connectivity index (χ1v) is 9.39. The highest BCUT2D eigenvalue weighted by atomic mass is 16.7. The molecule has 0 aromatic heterocycles. The minimum absolute atomic E-state index is 0.0200. The normalized spacial score (nSPS) is 46.1. The van der Waals surface area contributed by atoms with Crippen LogP contribution in [0.4, 0.5) is 0 Å². The van der Waals surface area contributed by atoms with Crippen LogP contribution in [0.25, 0.3) is 0 Å². The topological polar surface area (TPSA) is 97.9 Å². The second-order valence-corrected chi connectivity index (χ2v) is 8.50. The molecular formula is C20H26O7. The third-order valence-corrected chi connectivity index (χ3v) is 6.41. The van der Waals surface area contributed by atoms with Crippen molar-refractivity contribution < 1.29 is 33.6 Å². The summed E-state index contributed by atoms with van der Waals surface area (Å²) in [6.45, 7) is 8.83. The number of epoxide rings is 2. The molecule has 0 bridgehead atoms. The lowest BCUT2D eigenvalue weighted by molar-refractivity contribution is -0.192. The van der Waals surface area contributed by atoms with Crippen molar-refractivity contribution in [3.8, 4) is 0 Å². The summed E-state index contributed by atoms with van der Waals surface area (Å²) in [7, 11) is 0. The van der Waals surface area contributed by atoms with Gasteiger partial charge in [-0.1, -0.05) is 6.08 Å². The van der Waals surface area contributed by atoms with E-state index in [1.54, 1.807) is 26.8 Å². The summed E-state index contributed by atoms with van der Waals surface area (Å²) in [5, 5.41) is 11.3. The van der Waals surface area contributed by atoms with Crippen molar-refractivity contribution in [2.24, 2.45) is 0 Å². The lowest BCUT2D eigenvalue weighted by atomic mass is 9.82. The second-order valence-electron chi connectivity index (χ2n) is 8.50. The predicted molar refractivity (Wildman–Crippen MR) is 93.5 cm³/mol. The van der Waals surface area contributed by atoms with Crippen molar-refractivity contribution in [2.45, 2.75) is 89.2 Å². The van der Waals surface area contributed by atoms with Crippen LogP contribution in [0.3, 0.4) is 0 Å². The van der Waals surface area contributed by atoms with Gasteiger partial charge in [0.25, 0.3) is 0 Å². The molecule has 1 aliphatic carbocycles. The van der Waals surface area contributed by atoms with Gasteiger partial charge in [-0.3, -0.25) is 0 Å². The van der Waals surface area contributed by atoms with Crippen LogP contribution in [0, 0.1) is 0 Å². The Morgan fingerprint density at radius 2 is 2.00 bits per heavy atom. The second kappa shape index (κ2) is 5.65. The van der Waals surface area contributed by atoms with Crippen LogP contribution >= 0.6 is 0 Å². The zero-order chi connectivity index (χ0) is 19.8. The molecule has 3 aliphatic heterocycles. The number of fused-ring (bicyclic) bond motifs is 3. The number of aliphatic hydroxyl groups is 1. The zero-order valence-electron chi connectivity index (χ0n) is 16.3. The molecule has 3 fully saturated rings. The Labute approximate surface area is 158 Å². The third-order valence-electron chi connectivity index (χ3n) is 6.41. The van der Waals surface area contributed by atoms with Gasteiger partial charge < -0.3 is 24.1 Å². The molecule has 1 saturated carbocycles. The summed E-state index contributed by atoms with van der Waals surface area (Å²) in [4.78, 5) is 24.8. The SMILES string of the molecule is C/C=C(\C)C(=O)O[C@@H]1C2=C(C)C(=O)O[C@]2(O)C[C@]2(C)O[C@@H]2CC[C@@]2(C)O[C@@H]12. The van der Waals surface area contributed by atoms with Crippen LogP contribution in [0.2, 0.25) is 0 Å². The Kier molecular flexibility index (Phi) is 3.91. The van der Waals surface area contributed by atoms with Crippen molar-refractivity contribution in [1.82, 2.24) is 0 Å². The fourth-order valence-electron chi connectivity index (χ4n) is 4.40. The molecule has 27 heavy (non-hydrogen) atoms. The number of esters is 2. The van der Waals surface area contributed by atoms with Gasteiger partial charge in [-0.2, -0.15) is 0 Å². The smallest absolute Gasteiger partial charge is 0.336 e. The van der Waals surface area contributed by atoms with Gasteiger partial charge in [0.2, 0.25) is 5.79 Å². The van der Waals surface area contributed by atoms with Crippen LogP contribution in [0.5, 0.6) is 0 Å². The van der Waals surface area contributed by atoms with Crippen LogP contribution < -0.4 is 0 Å². The Morgan fingerprint density at radius 1 is 1.30 bits per heavy atom. The monoisotopic (exact) mass is 378 g/mol. The van der Waals surface area contributed by atoms with Gasteiger partial charge in [-0.15, -0.1) is 0 Å². The first-order chi connectivity index (χ1) is 12.5. The number of ether oxygens (including phenoxy) is 4. The highest BCUT2D eigenvalue weighted by Crippen LogP contribution is 2.56. The molecule has 2 saturated heterocycles. The van der Waals surface area contributed by atoms with E-state index in [0.717, 1.165) is 12.8 Å². The van der Waals surface area contributed by atoms with E-state index in [1.165, 1.54) is 0 Å². The number of hydrogen-bond acceptors (Lipinski definition) is 7. The molecule has 7 nitrogen and oxygen atoms in total. The van der Waals surface area contributed by atoms with Gasteiger partial charge in [-0.25, -0.2) is 9.59 Å². The fraction of sp³-hybridized carbons (Fsp3) is 0.700. The minimum Gasteiger partial charge on any atom is -0.451 e. The van der Waals surface area contributed by atoms with E-state index in [-0.39, 0.29) is 23.7 Å². The quantitative estimate of drug-likeness (QED) is 0.445. The van der Waals surface area contributed by atoms with Crippen LogP contribution in [0.1, 0.15) is 53.9 Å². The first kappa shape index (κ1) is 18.7. The van der Waals surface area contributed by atoms with Gasteiger partial charge in [0.1, 0.15) is 6.10 Å². The van der Waals surface area contributed by atoms with E-state index in [2.05, 4.69) is 0 Å². The Hall–Kier alpha value is -1.70. The molecule has 4 rings (SSSR count). The van der Waals surface area contributed by atoms with E-state index < -0.39 is 41.1 Å². The van der Waals surface area contributed by atoms with E-state index in [9.17, 15) is 14.7 Å². The molecule has 148 valence electrons. The van der Waals surface area contributed by atoms with Gasteiger partial charge in [-0.05, 0) is 47.5 Å². The summed E-state index contributed by atoms with van der Waals surface area (Å²) in [6.07, 6.45) is 1.90. The molecule has 0 spiro atoms. The maximum absolute atomic E-state index is 12.5. The number of carbonyl (C=O) groups is 2. The molecular weight excluding hydrogens is 352 g/mol. The molecule has 4 aliphatic rings. The molecule has 0 radical (unpaired) electrons. The predicted octanol–water partition coefficient (Wildman–Crippen LogP) is 1.93. The van der Waals surface area contributed by atoms with Gasteiger partial charge in [0.15, 0.2) is 6.10 Å². The Balaban J connectivity index is 1.77. The summed E-state index contributed by atoms with van der Waals surface area (Å²) in [5.41, 5.74) is -0.113. The highest BCUT2D eigenvalue weighted by Gasteiger charge is 2.68. The molecule has 6 atom stereocenters. The van der Waals surface area contributed by atoms with Gasteiger partial charge >= 0.3 is 11.9 Å². The summed E-state index contributed by atoms with van der Waals surface area (Å²) >= 11 is 0. The van der Waals surface area contributed by atoms with Crippen LogP contribution in [-0.2, 0) is 28.5 Å². The summed E-state index contributed by atoms with van der Waals surface area (Å²) < 4.78 is 22.9. The third kappa shape index (κ3) is 2.83. The molecule has 3 heterocycles. The molecule has 1 N–H and O–H groups in total.